The minimum atomic E-state index is 0.677. The molecule has 1 N–H and O–H groups in total. The van der Waals surface area contributed by atoms with Crippen molar-refractivity contribution in [1.82, 2.24) is 0 Å². The third-order valence-corrected chi connectivity index (χ3v) is 2.41. The molecule has 3 nitrogen and oxygen atoms in total. The molecule has 0 amide bonds. The molecule has 92 valence electrons. The number of nitrogens with one attached hydrogen (secondary N) is 1. The lowest BCUT2D eigenvalue weighted by Crippen LogP contribution is -2.10. The molecule has 0 aromatic heterocycles. The molecular formula is C14H20N2O. The predicted octanol–water partition coefficient (Wildman–Crippen LogP) is 3.03. The lowest BCUT2D eigenvalue weighted by molar-refractivity contribution is 0.132. The normalized spacial score (nSPS) is 10.2. The Kier molecular flexibility index (Phi) is 6.13. The number of anilines is 1. The Hall–Kier alpha value is -1.53. The summed E-state index contributed by atoms with van der Waals surface area (Å²) >= 11 is 0. The molecule has 17 heavy (non-hydrogen) atoms. The van der Waals surface area contributed by atoms with E-state index in [1.54, 1.807) is 6.07 Å². The fourth-order valence-electron chi connectivity index (χ4n) is 1.39. The van der Waals surface area contributed by atoms with Crippen LogP contribution in [0.1, 0.15) is 25.8 Å². The van der Waals surface area contributed by atoms with Crippen LogP contribution in [0.3, 0.4) is 0 Å². The maximum absolute atomic E-state index is 8.75. The maximum atomic E-state index is 8.75. The van der Waals surface area contributed by atoms with Crippen LogP contribution in [0.4, 0.5) is 5.69 Å². The number of nitriles is 1. The van der Waals surface area contributed by atoms with Crippen molar-refractivity contribution in [1.29, 1.82) is 5.26 Å². The molecule has 0 radical (unpaired) electrons. The lowest BCUT2D eigenvalue weighted by Gasteiger charge is -2.08. The second-order valence-corrected chi connectivity index (χ2v) is 4.41. The van der Waals surface area contributed by atoms with Crippen LogP contribution in [0.5, 0.6) is 0 Å². The van der Waals surface area contributed by atoms with Crippen molar-refractivity contribution < 1.29 is 4.74 Å². The van der Waals surface area contributed by atoms with Gasteiger partial charge in [-0.05, 0) is 30.5 Å². The quantitative estimate of drug-likeness (QED) is 0.735. The minimum absolute atomic E-state index is 0.677. The van der Waals surface area contributed by atoms with E-state index >= 15 is 0 Å². The van der Waals surface area contributed by atoms with Crippen molar-refractivity contribution in [3.63, 3.8) is 0 Å². The zero-order chi connectivity index (χ0) is 12.5. The van der Waals surface area contributed by atoms with Crippen LogP contribution >= 0.6 is 0 Å². The van der Waals surface area contributed by atoms with Crippen molar-refractivity contribution in [2.45, 2.75) is 20.3 Å². The van der Waals surface area contributed by atoms with E-state index in [0.717, 1.165) is 25.3 Å². The maximum Gasteiger partial charge on any atom is 0.0992 e. The molecule has 0 bridgehead atoms. The first-order valence-corrected chi connectivity index (χ1v) is 6.04. The van der Waals surface area contributed by atoms with Crippen molar-refractivity contribution in [2.75, 3.05) is 25.1 Å². The van der Waals surface area contributed by atoms with Crippen LogP contribution in [-0.2, 0) is 4.74 Å². The zero-order valence-corrected chi connectivity index (χ0v) is 10.6. The Morgan fingerprint density at radius 1 is 1.35 bits per heavy atom. The van der Waals surface area contributed by atoms with Gasteiger partial charge in [-0.3, -0.25) is 0 Å². The van der Waals surface area contributed by atoms with Gasteiger partial charge >= 0.3 is 0 Å². The summed E-state index contributed by atoms with van der Waals surface area (Å²) < 4.78 is 5.50. The van der Waals surface area contributed by atoms with Gasteiger partial charge in [0, 0.05) is 18.8 Å². The highest BCUT2D eigenvalue weighted by Gasteiger charge is 1.95. The Balaban J connectivity index is 2.16. The monoisotopic (exact) mass is 232 g/mol. The van der Waals surface area contributed by atoms with Crippen LogP contribution < -0.4 is 5.32 Å². The van der Waals surface area contributed by atoms with Gasteiger partial charge in [0.25, 0.3) is 0 Å². The van der Waals surface area contributed by atoms with Crippen LogP contribution in [0.2, 0.25) is 0 Å². The summed E-state index contributed by atoms with van der Waals surface area (Å²) in [5.74, 6) is 0.690. The van der Waals surface area contributed by atoms with E-state index in [1.807, 2.05) is 18.2 Å². The first kappa shape index (κ1) is 13.5. The summed E-state index contributed by atoms with van der Waals surface area (Å²) in [6.07, 6.45) is 1.10. The summed E-state index contributed by atoms with van der Waals surface area (Å²) in [7, 11) is 0. The topological polar surface area (TPSA) is 45.0 Å². The molecule has 0 fully saturated rings. The van der Waals surface area contributed by atoms with E-state index in [0.29, 0.717) is 18.1 Å². The summed E-state index contributed by atoms with van der Waals surface area (Å²) in [6, 6.07) is 9.59. The Morgan fingerprint density at radius 3 is 2.88 bits per heavy atom. The van der Waals surface area contributed by atoms with Crippen molar-refractivity contribution >= 4 is 5.69 Å². The highest BCUT2D eigenvalue weighted by Crippen LogP contribution is 2.09. The number of ether oxygens (including phenoxy) is 1. The molecule has 1 aromatic carbocycles. The lowest BCUT2D eigenvalue weighted by atomic mass is 10.1. The molecule has 1 rings (SSSR count). The van der Waals surface area contributed by atoms with Crippen LogP contribution in [0, 0.1) is 17.2 Å². The number of hydrogen-bond acceptors (Lipinski definition) is 3. The summed E-state index contributed by atoms with van der Waals surface area (Å²) in [4.78, 5) is 0. The molecule has 1 aromatic rings. The average Bonchev–Trinajstić information content (AvgIpc) is 2.33. The van der Waals surface area contributed by atoms with E-state index in [1.165, 1.54) is 0 Å². The van der Waals surface area contributed by atoms with Gasteiger partial charge in [-0.2, -0.15) is 5.26 Å². The third kappa shape index (κ3) is 5.94. The average molecular weight is 232 g/mol. The number of nitrogens with zero attached hydrogens (tertiary/aromatic N) is 1. The SMILES string of the molecule is CC(C)CCOCCNc1cccc(C#N)c1. The minimum Gasteiger partial charge on any atom is -0.383 e. The van der Waals surface area contributed by atoms with Crippen molar-refractivity contribution in [2.24, 2.45) is 5.92 Å². The largest absolute Gasteiger partial charge is 0.383 e. The predicted molar refractivity (Wildman–Crippen MR) is 69.9 cm³/mol. The third-order valence-electron chi connectivity index (χ3n) is 2.41. The van der Waals surface area contributed by atoms with Crippen molar-refractivity contribution in [3.05, 3.63) is 29.8 Å². The molecule has 0 unspecified atom stereocenters. The summed E-state index contributed by atoms with van der Waals surface area (Å²) in [5, 5.41) is 12.0. The molecule has 3 heteroatoms. The van der Waals surface area contributed by atoms with E-state index in [9.17, 15) is 0 Å². The van der Waals surface area contributed by atoms with Gasteiger partial charge in [-0.1, -0.05) is 19.9 Å². The standard InChI is InChI=1S/C14H20N2O/c1-12(2)6-8-17-9-7-16-14-5-3-4-13(10-14)11-15/h3-5,10,12,16H,6-9H2,1-2H3. The molecule has 0 aliphatic heterocycles. The van der Waals surface area contributed by atoms with Crippen molar-refractivity contribution in [3.8, 4) is 6.07 Å². The molecule has 0 aliphatic carbocycles. The number of rotatable bonds is 7. The molecule has 0 saturated heterocycles. The second kappa shape index (κ2) is 7.70. The van der Waals surface area contributed by atoms with E-state index in [4.69, 9.17) is 10.00 Å². The Labute approximate surface area is 103 Å². The van der Waals surface area contributed by atoms with E-state index in [2.05, 4.69) is 25.2 Å². The summed E-state index contributed by atoms with van der Waals surface area (Å²) in [5.41, 5.74) is 1.65. The van der Waals surface area contributed by atoms with Crippen LogP contribution in [0.25, 0.3) is 0 Å². The molecule has 0 saturated carbocycles. The van der Waals surface area contributed by atoms with Gasteiger partial charge in [0.15, 0.2) is 0 Å². The van der Waals surface area contributed by atoms with E-state index < -0.39 is 0 Å². The van der Waals surface area contributed by atoms with Gasteiger partial charge in [0.05, 0.1) is 18.2 Å². The number of hydrogen-bond donors (Lipinski definition) is 1. The molecule has 0 atom stereocenters. The Morgan fingerprint density at radius 2 is 2.18 bits per heavy atom. The molecule has 0 heterocycles. The number of benzene rings is 1. The molecule has 0 aliphatic rings. The van der Waals surface area contributed by atoms with E-state index in [-0.39, 0.29) is 0 Å². The van der Waals surface area contributed by atoms with Gasteiger partial charge < -0.3 is 10.1 Å². The highest BCUT2D eigenvalue weighted by molar-refractivity contribution is 5.48. The molecular weight excluding hydrogens is 212 g/mol. The van der Waals surface area contributed by atoms with Gasteiger partial charge in [-0.15, -0.1) is 0 Å². The Bertz CT molecular complexity index is 369. The van der Waals surface area contributed by atoms with Crippen LogP contribution in [-0.4, -0.2) is 19.8 Å². The second-order valence-electron chi connectivity index (χ2n) is 4.41. The van der Waals surface area contributed by atoms with Gasteiger partial charge in [0.2, 0.25) is 0 Å². The first-order chi connectivity index (χ1) is 8.22. The van der Waals surface area contributed by atoms with Gasteiger partial charge in [0.1, 0.15) is 0 Å². The molecule has 0 spiro atoms. The summed E-state index contributed by atoms with van der Waals surface area (Å²) in [6.45, 7) is 6.66. The fourth-order valence-corrected chi connectivity index (χ4v) is 1.39. The smallest absolute Gasteiger partial charge is 0.0992 e. The highest BCUT2D eigenvalue weighted by atomic mass is 16.5. The zero-order valence-electron chi connectivity index (χ0n) is 10.6. The van der Waals surface area contributed by atoms with Crippen LogP contribution in [0.15, 0.2) is 24.3 Å². The van der Waals surface area contributed by atoms with Gasteiger partial charge in [-0.25, -0.2) is 0 Å². The fraction of sp³-hybridized carbons (Fsp3) is 0.500. The first-order valence-electron chi connectivity index (χ1n) is 6.04.